The summed E-state index contributed by atoms with van der Waals surface area (Å²) >= 11 is 0. The summed E-state index contributed by atoms with van der Waals surface area (Å²) in [5, 5.41) is 15.4. The molecule has 0 aliphatic heterocycles. The molecule has 2 amide bonds. The van der Waals surface area contributed by atoms with E-state index in [0.29, 0.717) is 19.1 Å². The summed E-state index contributed by atoms with van der Waals surface area (Å²) in [7, 11) is 0. The molecule has 0 aromatic rings. The highest BCUT2D eigenvalue weighted by molar-refractivity contribution is 5.74. The second-order valence-corrected chi connectivity index (χ2v) is 6.72. The highest BCUT2D eigenvalue weighted by Crippen LogP contribution is 2.28. The van der Waals surface area contributed by atoms with E-state index in [4.69, 9.17) is 4.74 Å². The maximum atomic E-state index is 12.0. The Morgan fingerprint density at radius 2 is 1.86 bits per heavy atom. The fourth-order valence-corrected chi connectivity index (χ4v) is 3.47. The second-order valence-electron chi connectivity index (χ2n) is 6.72. The van der Waals surface area contributed by atoms with Gasteiger partial charge in [0.05, 0.1) is 24.4 Å². The van der Waals surface area contributed by atoms with E-state index in [1.54, 1.807) is 0 Å². The maximum absolute atomic E-state index is 12.0. The Balaban J connectivity index is 1.71. The summed E-state index contributed by atoms with van der Waals surface area (Å²) in [5.41, 5.74) is 0. The molecule has 0 aromatic heterocycles. The van der Waals surface area contributed by atoms with Gasteiger partial charge in [0, 0.05) is 6.54 Å². The number of amides is 2. The van der Waals surface area contributed by atoms with Crippen molar-refractivity contribution in [1.29, 1.82) is 0 Å². The molecule has 3 unspecified atom stereocenters. The standard InChI is InChI=1S/C17H32N2O3/c1-2-13(20)11-12-18-17(21)19-15-9-5-6-10-16(15)22-14-7-3-4-8-14/h13-16,20H,2-12H2,1H3,(H2,18,19,21). The van der Waals surface area contributed by atoms with Crippen molar-refractivity contribution in [1.82, 2.24) is 10.6 Å². The molecule has 2 aliphatic rings. The van der Waals surface area contributed by atoms with Gasteiger partial charge in [0.15, 0.2) is 0 Å². The normalized spacial score (nSPS) is 27.5. The van der Waals surface area contributed by atoms with Gasteiger partial charge >= 0.3 is 6.03 Å². The molecule has 0 radical (unpaired) electrons. The molecule has 2 rings (SSSR count). The van der Waals surface area contributed by atoms with Gasteiger partial charge in [-0.15, -0.1) is 0 Å². The van der Waals surface area contributed by atoms with E-state index < -0.39 is 0 Å². The van der Waals surface area contributed by atoms with Gasteiger partial charge in [-0.25, -0.2) is 4.79 Å². The lowest BCUT2D eigenvalue weighted by molar-refractivity contribution is -0.0410. The Kier molecular flexibility index (Phi) is 7.46. The molecule has 2 saturated carbocycles. The molecular formula is C17H32N2O3. The molecule has 2 fully saturated rings. The molecule has 3 N–H and O–H groups in total. The fourth-order valence-electron chi connectivity index (χ4n) is 3.47. The summed E-state index contributed by atoms with van der Waals surface area (Å²) in [6.07, 6.45) is 10.9. The van der Waals surface area contributed by atoms with E-state index >= 15 is 0 Å². The highest BCUT2D eigenvalue weighted by atomic mass is 16.5. The zero-order chi connectivity index (χ0) is 15.8. The van der Waals surface area contributed by atoms with Crippen LogP contribution in [0.3, 0.4) is 0 Å². The van der Waals surface area contributed by atoms with Crippen LogP contribution in [-0.4, -0.2) is 42.0 Å². The Bertz CT molecular complexity index is 332. The van der Waals surface area contributed by atoms with Crippen LogP contribution in [0.2, 0.25) is 0 Å². The average Bonchev–Trinajstić information content (AvgIpc) is 3.02. The molecule has 5 heteroatoms. The molecule has 3 atom stereocenters. The van der Waals surface area contributed by atoms with Crippen LogP contribution in [0.25, 0.3) is 0 Å². The van der Waals surface area contributed by atoms with Gasteiger partial charge in [0.1, 0.15) is 0 Å². The first-order valence-electron chi connectivity index (χ1n) is 9.07. The van der Waals surface area contributed by atoms with Crippen molar-refractivity contribution >= 4 is 6.03 Å². The number of rotatable bonds is 7. The lowest BCUT2D eigenvalue weighted by Crippen LogP contribution is -2.50. The van der Waals surface area contributed by atoms with Crippen molar-refractivity contribution in [2.24, 2.45) is 0 Å². The van der Waals surface area contributed by atoms with Crippen LogP contribution in [0.15, 0.2) is 0 Å². The van der Waals surface area contributed by atoms with Crippen molar-refractivity contribution in [2.45, 2.75) is 95.5 Å². The third kappa shape index (κ3) is 5.76. The van der Waals surface area contributed by atoms with Crippen LogP contribution >= 0.6 is 0 Å². The summed E-state index contributed by atoms with van der Waals surface area (Å²) in [4.78, 5) is 12.0. The zero-order valence-corrected chi connectivity index (χ0v) is 13.9. The number of hydrogen-bond acceptors (Lipinski definition) is 3. The minimum absolute atomic E-state index is 0.129. The maximum Gasteiger partial charge on any atom is 0.315 e. The molecule has 0 bridgehead atoms. The van der Waals surface area contributed by atoms with Crippen molar-refractivity contribution in [3.8, 4) is 0 Å². The first-order valence-corrected chi connectivity index (χ1v) is 9.07. The van der Waals surface area contributed by atoms with Crippen molar-refractivity contribution in [3.05, 3.63) is 0 Å². The number of urea groups is 1. The molecule has 128 valence electrons. The van der Waals surface area contributed by atoms with Crippen molar-refractivity contribution in [2.75, 3.05) is 6.54 Å². The van der Waals surface area contributed by atoms with E-state index in [9.17, 15) is 9.90 Å². The summed E-state index contributed by atoms with van der Waals surface area (Å²) in [6.45, 7) is 2.46. The number of ether oxygens (including phenoxy) is 1. The van der Waals surface area contributed by atoms with Crippen molar-refractivity contribution < 1.29 is 14.6 Å². The Morgan fingerprint density at radius 1 is 1.18 bits per heavy atom. The van der Waals surface area contributed by atoms with Crippen LogP contribution in [0.5, 0.6) is 0 Å². The Labute approximate surface area is 134 Å². The predicted octanol–water partition coefficient (Wildman–Crippen LogP) is 2.72. The second kappa shape index (κ2) is 9.36. The number of aliphatic hydroxyl groups excluding tert-OH is 1. The minimum atomic E-state index is -0.326. The fraction of sp³-hybridized carbons (Fsp3) is 0.941. The van der Waals surface area contributed by atoms with Gasteiger partial charge in [0.2, 0.25) is 0 Å². The third-order valence-electron chi connectivity index (χ3n) is 4.92. The largest absolute Gasteiger partial charge is 0.393 e. The van der Waals surface area contributed by atoms with Crippen LogP contribution in [0, 0.1) is 0 Å². The van der Waals surface area contributed by atoms with Gasteiger partial charge in [-0.1, -0.05) is 32.6 Å². The lowest BCUT2D eigenvalue weighted by Gasteiger charge is -2.34. The van der Waals surface area contributed by atoms with Gasteiger partial charge in [-0.2, -0.15) is 0 Å². The molecule has 5 nitrogen and oxygen atoms in total. The van der Waals surface area contributed by atoms with E-state index in [1.807, 2.05) is 6.92 Å². The molecule has 2 aliphatic carbocycles. The summed E-state index contributed by atoms with van der Waals surface area (Å²) < 4.78 is 6.24. The molecule has 0 heterocycles. The van der Waals surface area contributed by atoms with Crippen LogP contribution in [0.4, 0.5) is 4.79 Å². The third-order valence-corrected chi connectivity index (χ3v) is 4.92. The summed E-state index contributed by atoms with van der Waals surface area (Å²) in [5.74, 6) is 0. The molecule has 0 saturated heterocycles. The highest BCUT2D eigenvalue weighted by Gasteiger charge is 2.30. The zero-order valence-electron chi connectivity index (χ0n) is 13.9. The lowest BCUT2D eigenvalue weighted by atomic mass is 9.92. The predicted molar refractivity (Wildman–Crippen MR) is 86.8 cm³/mol. The van der Waals surface area contributed by atoms with Gasteiger partial charge in [0.25, 0.3) is 0 Å². The number of nitrogens with one attached hydrogen (secondary N) is 2. The van der Waals surface area contributed by atoms with E-state index in [0.717, 1.165) is 25.7 Å². The molecular weight excluding hydrogens is 280 g/mol. The first-order chi connectivity index (χ1) is 10.7. The van der Waals surface area contributed by atoms with Gasteiger partial charge < -0.3 is 20.5 Å². The smallest absolute Gasteiger partial charge is 0.315 e. The number of hydrogen-bond donors (Lipinski definition) is 3. The van der Waals surface area contributed by atoms with E-state index in [2.05, 4.69) is 10.6 Å². The van der Waals surface area contributed by atoms with E-state index in [-0.39, 0.29) is 24.3 Å². The van der Waals surface area contributed by atoms with E-state index in [1.165, 1.54) is 32.1 Å². The van der Waals surface area contributed by atoms with Crippen molar-refractivity contribution in [3.63, 3.8) is 0 Å². The average molecular weight is 312 g/mol. The minimum Gasteiger partial charge on any atom is -0.393 e. The number of aliphatic hydroxyl groups is 1. The van der Waals surface area contributed by atoms with Crippen LogP contribution < -0.4 is 10.6 Å². The first kappa shape index (κ1) is 17.5. The Morgan fingerprint density at radius 3 is 2.59 bits per heavy atom. The molecule has 0 aromatic carbocycles. The van der Waals surface area contributed by atoms with Gasteiger partial charge in [-0.3, -0.25) is 0 Å². The Hall–Kier alpha value is -0.810. The topological polar surface area (TPSA) is 70.6 Å². The SMILES string of the molecule is CCC(O)CCNC(=O)NC1CCCCC1OC1CCCC1. The quantitative estimate of drug-likeness (QED) is 0.677. The monoisotopic (exact) mass is 312 g/mol. The van der Waals surface area contributed by atoms with Gasteiger partial charge in [-0.05, 0) is 38.5 Å². The van der Waals surface area contributed by atoms with Crippen LogP contribution in [0.1, 0.15) is 71.1 Å². The summed E-state index contributed by atoms with van der Waals surface area (Å²) in [6, 6.07) is 0.000624. The molecule has 0 spiro atoms. The number of carbonyl (C=O) groups excluding carboxylic acids is 1. The molecule has 22 heavy (non-hydrogen) atoms. The number of carbonyl (C=O) groups is 1. The van der Waals surface area contributed by atoms with Crippen LogP contribution in [-0.2, 0) is 4.74 Å².